The first-order valence-corrected chi connectivity index (χ1v) is 21.2. The summed E-state index contributed by atoms with van der Waals surface area (Å²) in [6, 6.07) is 23.5. The van der Waals surface area contributed by atoms with E-state index < -0.39 is 68.2 Å². The van der Waals surface area contributed by atoms with Crippen LogP contribution in [0, 0.1) is 10.8 Å². The molecule has 4 aromatic rings. The molecule has 7 rings (SSSR count). The summed E-state index contributed by atoms with van der Waals surface area (Å²) in [5.41, 5.74) is 1.40. The predicted octanol–water partition coefficient (Wildman–Crippen LogP) is 8.72. The summed E-state index contributed by atoms with van der Waals surface area (Å²) in [4.78, 5) is 31.9. The van der Waals surface area contributed by atoms with Crippen LogP contribution in [0.25, 0.3) is 21.9 Å². The molecule has 2 N–H and O–H groups in total. The molecule has 3 heterocycles. The third kappa shape index (κ3) is 9.84. The van der Waals surface area contributed by atoms with Crippen molar-refractivity contribution >= 4 is 22.6 Å². The van der Waals surface area contributed by atoms with Crippen molar-refractivity contribution in [3.8, 4) is 22.6 Å². The number of halogens is 6. The van der Waals surface area contributed by atoms with Crippen LogP contribution in [0.5, 0.6) is 11.5 Å². The molecule has 9 nitrogen and oxygen atoms in total. The molecule has 3 fully saturated rings. The zero-order valence-electron chi connectivity index (χ0n) is 35.1. The number of likely N-dealkylation sites (tertiary alicyclic amines) is 3. The number of piperidine rings is 3. The second-order valence-electron chi connectivity index (χ2n) is 17.3. The van der Waals surface area contributed by atoms with Gasteiger partial charge in [-0.1, -0.05) is 72.8 Å². The van der Waals surface area contributed by atoms with Crippen molar-refractivity contribution in [3.05, 3.63) is 95.6 Å². The number of benzene rings is 4. The predicted molar refractivity (Wildman–Crippen MR) is 224 cm³/mol. The van der Waals surface area contributed by atoms with Gasteiger partial charge in [0.2, 0.25) is 5.91 Å². The van der Waals surface area contributed by atoms with E-state index in [2.05, 4.69) is 39.4 Å². The summed E-state index contributed by atoms with van der Waals surface area (Å²) in [5.74, 6) is -1.93. The average Bonchev–Trinajstić information content (AvgIpc) is 3.24. The molecule has 0 radical (unpaired) electrons. The Labute approximate surface area is 358 Å². The zero-order valence-corrected chi connectivity index (χ0v) is 35.1. The molecule has 1 atom stereocenters. The molecule has 334 valence electrons. The fraction of sp³-hybridized carbons (Fsp3) is 0.489. The third-order valence-electron chi connectivity index (χ3n) is 13.3. The van der Waals surface area contributed by atoms with Gasteiger partial charge < -0.3 is 19.9 Å². The first-order chi connectivity index (χ1) is 29.5. The van der Waals surface area contributed by atoms with Crippen molar-refractivity contribution in [2.45, 2.75) is 76.4 Å². The standard InChI is InChI=1S/C47H54F6N4O5/c1-61-39-16-15-34(29-57-22-8-17-44(30-57)18-23-55(24-19-44)28-32-9-4-3-5-10-32)41(62-2)40(39)37-14-7-12-35-33(11-6-13-36(35)37)27-38(42(58)59)54-43(60)45(47(51,52)53)20-25-56(26-21-45)31-46(48,49)50/h3-7,9-16,38H,8,17-31H2,1-2H3,(H,54,60)(H,58,59)/t38-/m0/s1. The van der Waals surface area contributed by atoms with Gasteiger partial charge in [-0.2, -0.15) is 26.3 Å². The summed E-state index contributed by atoms with van der Waals surface area (Å²) < 4.78 is 94.8. The van der Waals surface area contributed by atoms with Crippen molar-refractivity contribution in [3.63, 3.8) is 0 Å². The molecule has 3 saturated heterocycles. The molecule has 0 aromatic heterocycles. The Morgan fingerprint density at radius 1 is 0.726 bits per heavy atom. The number of carbonyl (C=O) groups is 2. The van der Waals surface area contributed by atoms with Crippen molar-refractivity contribution in [1.82, 2.24) is 20.0 Å². The van der Waals surface area contributed by atoms with Crippen molar-refractivity contribution < 1.29 is 50.5 Å². The molecule has 0 bridgehead atoms. The van der Waals surface area contributed by atoms with E-state index in [0.29, 0.717) is 39.9 Å². The van der Waals surface area contributed by atoms with Crippen LogP contribution >= 0.6 is 0 Å². The monoisotopic (exact) mass is 868 g/mol. The van der Waals surface area contributed by atoms with Gasteiger partial charge in [0.1, 0.15) is 23.0 Å². The highest BCUT2D eigenvalue weighted by Gasteiger charge is 2.61. The van der Waals surface area contributed by atoms with Gasteiger partial charge in [0.05, 0.1) is 26.3 Å². The SMILES string of the molecule is COc1ccc(CN2CCCC3(CCN(Cc4ccccc4)CC3)C2)c(OC)c1-c1cccc2c(C[C@H](NC(=O)C3(C(F)(F)F)CCN(CC(F)(F)F)CC3)C(=O)O)cccc12. The molecule has 1 amide bonds. The molecule has 0 unspecified atom stereocenters. The van der Waals surface area contributed by atoms with Gasteiger partial charge >= 0.3 is 18.3 Å². The Balaban J connectivity index is 1.11. The Bertz CT molecular complexity index is 2200. The van der Waals surface area contributed by atoms with Gasteiger partial charge in [0, 0.05) is 31.6 Å². The number of carboxylic acid groups (broad SMARTS) is 1. The smallest absolute Gasteiger partial charge is 0.403 e. The molecule has 15 heteroatoms. The van der Waals surface area contributed by atoms with E-state index in [-0.39, 0.29) is 11.8 Å². The lowest BCUT2D eigenvalue weighted by Crippen LogP contribution is -2.59. The van der Waals surface area contributed by atoms with Crippen LogP contribution in [-0.2, 0) is 29.1 Å². The lowest BCUT2D eigenvalue weighted by molar-refractivity contribution is -0.236. The number of nitrogens with one attached hydrogen (secondary N) is 1. The molecule has 1 spiro atoms. The number of fused-ring (bicyclic) bond motifs is 1. The van der Waals surface area contributed by atoms with E-state index in [9.17, 15) is 41.0 Å². The maximum absolute atomic E-state index is 14.6. The maximum Gasteiger partial charge on any atom is 0.403 e. The summed E-state index contributed by atoms with van der Waals surface area (Å²) in [6.45, 7) is 3.02. The van der Waals surface area contributed by atoms with Gasteiger partial charge in [-0.25, -0.2) is 4.79 Å². The van der Waals surface area contributed by atoms with Crippen LogP contribution in [-0.4, -0.2) is 110 Å². The van der Waals surface area contributed by atoms with Gasteiger partial charge in [-0.05, 0) is 110 Å². The van der Waals surface area contributed by atoms with E-state index in [1.54, 1.807) is 38.5 Å². The number of methoxy groups -OCH3 is 2. The normalized spacial score (nSPS) is 19.3. The Kier molecular flexibility index (Phi) is 13.5. The molecule has 0 saturated carbocycles. The number of hydrogen-bond acceptors (Lipinski definition) is 7. The summed E-state index contributed by atoms with van der Waals surface area (Å²) >= 11 is 0. The molecular formula is C47H54F6N4O5. The quantitative estimate of drug-likeness (QED) is 0.129. The van der Waals surface area contributed by atoms with Gasteiger partial charge in [-0.15, -0.1) is 0 Å². The van der Waals surface area contributed by atoms with Crippen molar-refractivity contribution in [1.29, 1.82) is 0 Å². The van der Waals surface area contributed by atoms with Crippen LogP contribution in [0.15, 0.2) is 78.9 Å². The number of carbonyl (C=O) groups excluding carboxylic acids is 1. The van der Waals surface area contributed by atoms with Gasteiger partial charge in [0.25, 0.3) is 0 Å². The minimum atomic E-state index is -5.12. The van der Waals surface area contributed by atoms with Crippen molar-refractivity contribution in [2.24, 2.45) is 10.8 Å². The number of amides is 1. The number of nitrogens with zero attached hydrogens (tertiary/aromatic N) is 3. The highest BCUT2D eigenvalue weighted by atomic mass is 19.4. The van der Waals surface area contributed by atoms with E-state index in [1.807, 2.05) is 30.3 Å². The maximum atomic E-state index is 14.6. The third-order valence-corrected chi connectivity index (χ3v) is 13.3. The Morgan fingerprint density at radius 2 is 1.40 bits per heavy atom. The first-order valence-electron chi connectivity index (χ1n) is 21.2. The van der Waals surface area contributed by atoms with Crippen LogP contribution in [0.4, 0.5) is 26.3 Å². The average molecular weight is 869 g/mol. The van der Waals surface area contributed by atoms with Gasteiger partial charge in [-0.3, -0.25) is 19.5 Å². The lowest BCUT2D eigenvalue weighted by Gasteiger charge is -2.48. The molecule has 62 heavy (non-hydrogen) atoms. The first kappa shape index (κ1) is 45.2. The second kappa shape index (κ2) is 18.5. The highest BCUT2D eigenvalue weighted by molar-refractivity contribution is 6.01. The molecule has 3 aliphatic heterocycles. The van der Waals surface area contributed by atoms with Crippen molar-refractivity contribution in [2.75, 3.05) is 60.0 Å². The molecule has 4 aromatic carbocycles. The van der Waals surface area contributed by atoms with Gasteiger partial charge in [0.15, 0.2) is 0 Å². The van der Waals surface area contributed by atoms with Crippen LogP contribution in [0.1, 0.15) is 55.2 Å². The lowest BCUT2D eigenvalue weighted by atomic mass is 9.72. The van der Waals surface area contributed by atoms with E-state index in [1.165, 1.54) is 12.0 Å². The number of rotatable bonds is 13. The number of alkyl halides is 6. The topological polar surface area (TPSA) is 94.6 Å². The largest absolute Gasteiger partial charge is 0.496 e. The minimum absolute atomic E-state index is 0.245. The minimum Gasteiger partial charge on any atom is -0.496 e. The molecule has 3 aliphatic rings. The van der Waals surface area contributed by atoms with Crippen LogP contribution < -0.4 is 14.8 Å². The van der Waals surface area contributed by atoms with E-state index in [0.717, 1.165) is 68.0 Å². The number of ether oxygens (including phenoxy) is 2. The molecule has 0 aliphatic carbocycles. The zero-order chi connectivity index (χ0) is 44.3. The number of hydrogen-bond donors (Lipinski definition) is 2. The summed E-state index contributed by atoms with van der Waals surface area (Å²) in [7, 11) is 3.19. The fourth-order valence-corrected chi connectivity index (χ4v) is 9.98. The fourth-order valence-electron chi connectivity index (χ4n) is 9.98. The van der Waals surface area contributed by atoms with E-state index >= 15 is 0 Å². The second-order valence-corrected chi connectivity index (χ2v) is 17.3. The Hall–Kier alpha value is -4.86. The Morgan fingerprint density at radius 3 is 2.05 bits per heavy atom. The number of carboxylic acids is 1. The highest BCUT2D eigenvalue weighted by Crippen LogP contribution is 2.48. The van der Waals surface area contributed by atoms with E-state index in [4.69, 9.17) is 9.47 Å². The van der Waals surface area contributed by atoms with Crippen LogP contribution in [0.3, 0.4) is 0 Å². The summed E-state index contributed by atoms with van der Waals surface area (Å²) in [6.07, 6.45) is -7.39. The number of aliphatic carboxylic acids is 1. The van der Waals surface area contributed by atoms with Crippen LogP contribution in [0.2, 0.25) is 0 Å². The summed E-state index contributed by atoms with van der Waals surface area (Å²) in [5, 5.41) is 13.7. The molecular weight excluding hydrogens is 815 g/mol.